The van der Waals surface area contributed by atoms with E-state index in [1.807, 2.05) is 78.2 Å². The van der Waals surface area contributed by atoms with Gasteiger partial charge in [-0.3, -0.25) is 4.79 Å². The van der Waals surface area contributed by atoms with Crippen molar-refractivity contribution in [3.05, 3.63) is 89.9 Å². The number of benzene rings is 2. The third-order valence-electron chi connectivity index (χ3n) is 4.06. The summed E-state index contributed by atoms with van der Waals surface area (Å²) in [6.45, 7) is 0. The summed E-state index contributed by atoms with van der Waals surface area (Å²) in [6.07, 6.45) is 2.00. The molecule has 0 bridgehead atoms. The number of rotatable bonds is 5. The Balaban J connectivity index is 1.65. The maximum Gasteiger partial charge on any atom is 0.230 e. The number of carbonyl (C=O) groups excluding carboxylic acids is 1. The van der Waals surface area contributed by atoms with Gasteiger partial charge in [0.2, 0.25) is 5.91 Å². The molecule has 4 aromatic rings. The molecule has 132 valence electrons. The summed E-state index contributed by atoms with van der Waals surface area (Å²) >= 11 is 1.57. The second-order valence-corrected chi connectivity index (χ2v) is 6.95. The summed E-state index contributed by atoms with van der Waals surface area (Å²) < 4.78 is 0. The Bertz CT molecular complexity index is 1030. The highest BCUT2D eigenvalue weighted by molar-refractivity contribution is 7.13. The van der Waals surface area contributed by atoms with E-state index in [0.717, 1.165) is 21.7 Å². The van der Waals surface area contributed by atoms with E-state index in [2.05, 4.69) is 10.3 Å². The van der Waals surface area contributed by atoms with Gasteiger partial charge in [-0.1, -0.05) is 66.7 Å². The van der Waals surface area contributed by atoms with Crippen LogP contribution in [0, 0.1) is 0 Å². The zero-order valence-corrected chi connectivity index (χ0v) is 15.3. The molecule has 4 rings (SSSR count). The first-order valence-electron chi connectivity index (χ1n) is 8.60. The molecule has 2 aromatic carbocycles. The van der Waals surface area contributed by atoms with Crippen LogP contribution in [0.15, 0.2) is 84.4 Å². The van der Waals surface area contributed by atoms with E-state index in [-0.39, 0.29) is 5.91 Å². The third kappa shape index (κ3) is 4.10. The molecule has 0 unspecified atom stereocenters. The predicted octanol–water partition coefficient (Wildman–Crippen LogP) is 5.05. The normalized spacial score (nSPS) is 10.5. The standard InChI is InChI=1S/C22H17N3OS/c26-20(14-16-8-3-1-4-9-16)25-22-21(19-12-7-13-27-19)24-18(15-23-22)17-10-5-2-6-11-17/h1-13,15H,14H2,(H,23,25,26). The van der Waals surface area contributed by atoms with Crippen LogP contribution in [0.25, 0.3) is 21.8 Å². The van der Waals surface area contributed by atoms with Crippen LogP contribution in [0.5, 0.6) is 0 Å². The largest absolute Gasteiger partial charge is 0.309 e. The molecule has 0 spiro atoms. The minimum absolute atomic E-state index is 0.110. The van der Waals surface area contributed by atoms with E-state index in [9.17, 15) is 4.79 Å². The van der Waals surface area contributed by atoms with Gasteiger partial charge in [-0.2, -0.15) is 0 Å². The molecule has 0 atom stereocenters. The number of amides is 1. The van der Waals surface area contributed by atoms with E-state index in [1.54, 1.807) is 17.5 Å². The fourth-order valence-electron chi connectivity index (χ4n) is 2.77. The molecule has 0 aliphatic rings. The van der Waals surface area contributed by atoms with Gasteiger partial charge in [-0.25, -0.2) is 9.97 Å². The number of carbonyl (C=O) groups is 1. The zero-order chi connectivity index (χ0) is 18.5. The monoisotopic (exact) mass is 371 g/mol. The average molecular weight is 371 g/mol. The molecule has 0 aliphatic heterocycles. The summed E-state index contributed by atoms with van der Waals surface area (Å²) in [6, 6.07) is 23.5. The van der Waals surface area contributed by atoms with Crippen molar-refractivity contribution in [1.29, 1.82) is 0 Å². The molecule has 5 heteroatoms. The summed E-state index contributed by atoms with van der Waals surface area (Å²) in [7, 11) is 0. The van der Waals surface area contributed by atoms with Crippen molar-refractivity contribution in [2.24, 2.45) is 0 Å². The van der Waals surface area contributed by atoms with Crippen molar-refractivity contribution in [1.82, 2.24) is 9.97 Å². The van der Waals surface area contributed by atoms with Crippen molar-refractivity contribution in [3.8, 4) is 21.8 Å². The fourth-order valence-corrected chi connectivity index (χ4v) is 3.49. The summed E-state index contributed by atoms with van der Waals surface area (Å²) in [4.78, 5) is 22.7. The molecule has 4 nitrogen and oxygen atoms in total. The molecule has 0 fully saturated rings. The lowest BCUT2D eigenvalue weighted by Gasteiger charge is -2.10. The van der Waals surface area contributed by atoms with Crippen molar-refractivity contribution < 1.29 is 4.79 Å². The molecule has 0 aliphatic carbocycles. The van der Waals surface area contributed by atoms with Gasteiger partial charge < -0.3 is 5.32 Å². The molecule has 0 saturated heterocycles. The van der Waals surface area contributed by atoms with Crippen LogP contribution in [0.4, 0.5) is 5.82 Å². The van der Waals surface area contributed by atoms with Crippen LogP contribution in [0.2, 0.25) is 0 Å². The van der Waals surface area contributed by atoms with Crippen LogP contribution in [-0.2, 0) is 11.2 Å². The van der Waals surface area contributed by atoms with Crippen LogP contribution in [0.3, 0.4) is 0 Å². The van der Waals surface area contributed by atoms with Crippen LogP contribution in [0.1, 0.15) is 5.56 Å². The quantitative estimate of drug-likeness (QED) is 0.534. The van der Waals surface area contributed by atoms with E-state index in [4.69, 9.17) is 4.98 Å². The molecule has 2 aromatic heterocycles. The highest BCUT2D eigenvalue weighted by atomic mass is 32.1. The van der Waals surface area contributed by atoms with Crippen LogP contribution in [-0.4, -0.2) is 15.9 Å². The smallest absolute Gasteiger partial charge is 0.230 e. The zero-order valence-electron chi connectivity index (χ0n) is 14.5. The third-order valence-corrected chi connectivity index (χ3v) is 4.94. The topological polar surface area (TPSA) is 54.9 Å². The van der Waals surface area contributed by atoms with Crippen LogP contribution >= 0.6 is 11.3 Å². The fraction of sp³-hybridized carbons (Fsp3) is 0.0455. The predicted molar refractivity (Wildman–Crippen MR) is 110 cm³/mol. The van der Waals surface area contributed by atoms with Gasteiger partial charge in [0.15, 0.2) is 5.82 Å². The first kappa shape index (κ1) is 17.1. The van der Waals surface area contributed by atoms with Gasteiger partial charge in [0.05, 0.1) is 23.2 Å². The van der Waals surface area contributed by atoms with E-state index >= 15 is 0 Å². The second-order valence-electron chi connectivity index (χ2n) is 6.01. The minimum Gasteiger partial charge on any atom is -0.309 e. The Kier molecular flexibility index (Phi) is 5.03. The number of hydrogen-bond acceptors (Lipinski definition) is 4. The Labute approximate surface area is 161 Å². The molecule has 2 heterocycles. The van der Waals surface area contributed by atoms with Crippen molar-refractivity contribution in [2.75, 3.05) is 5.32 Å². The SMILES string of the molecule is O=C(Cc1ccccc1)Nc1ncc(-c2ccccc2)nc1-c1cccs1. The highest BCUT2D eigenvalue weighted by Crippen LogP contribution is 2.30. The van der Waals surface area contributed by atoms with Gasteiger partial charge in [0.1, 0.15) is 5.69 Å². The maximum absolute atomic E-state index is 12.5. The number of nitrogens with one attached hydrogen (secondary N) is 1. The maximum atomic E-state index is 12.5. The minimum atomic E-state index is -0.110. The first-order valence-corrected chi connectivity index (χ1v) is 9.48. The highest BCUT2D eigenvalue weighted by Gasteiger charge is 2.15. The number of hydrogen-bond donors (Lipinski definition) is 1. The summed E-state index contributed by atoms with van der Waals surface area (Å²) in [5.41, 5.74) is 3.42. The lowest BCUT2D eigenvalue weighted by Crippen LogP contribution is -2.16. The average Bonchev–Trinajstić information content (AvgIpc) is 3.24. The second kappa shape index (κ2) is 7.93. The molecule has 1 N–H and O–H groups in total. The molecule has 27 heavy (non-hydrogen) atoms. The van der Waals surface area contributed by atoms with Gasteiger partial charge in [0, 0.05) is 5.56 Å². The first-order chi connectivity index (χ1) is 13.3. The van der Waals surface area contributed by atoms with Gasteiger partial charge in [-0.05, 0) is 17.0 Å². The van der Waals surface area contributed by atoms with Crippen molar-refractivity contribution in [3.63, 3.8) is 0 Å². The molecule has 1 amide bonds. The number of anilines is 1. The Morgan fingerprint density at radius 2 is 1.67 bits per heavy atom. The summed E-state index contributed by atoms with van der Waals surface area (Å²) in [5, 5.41) is 4.91. The van der Waals surface area contributed by atoms with Crippen molar-refractivity contribution in [2.45, 2.75) is 6.42 Å². The van der Waals surface area contributed by atoms with E-state index in [0.29, 0.717) is 17.9 Å². The van der Waals surface area contributed by atoms with Crippen LogP contribution < -0.4 is 5.32 Å². The van der Waals surface area contributed by atoms with Crippen molar-refractivity contribution >= 4 is 23.1 Å². The van der Waals surface area contributed by atoms with Gasteiger partial charge >= 0.3 is 0 Å². The number of aromatic nitrogens is 2. The Morgan fingerprint density at radius 1 is 0.926 bits per heavy atom. The molecule has 0 saturated carbocycles. The lowest BCUT2D eigenvalue weighted by molar-refractivity contribution is -0.115. The Morgan fingerprint density at radius 3 is 2.37 bits per heavy atom. The molecule has 0 radical (unpaired) electrons. The number of nitrogens with zero attached hydrogens (tertiary/aromatic N) is 2. The summed E-state index contributed by atoms with van der Waals surface area (Å²) in [5.74, 6) is 0.374. The van der Waals surface area contributed by atoms with E-state index < -0.39 is 0 Å². The van der Waals surface area contributed by atoms with E-state index in [1.165, 1.54) is 0 Å². The molecular weight excluding hydrogens is 354 g/mol. The van der Waals surface area contributed by atoms with Gasteiger partial charge in [-0.15, -0.1) is 11.3 Å². The Hall–Kier alpha value is -3.31. The lowest BCUT2D eigenvalue weighted by atomic mass is 10.1. The number of thiophene rings is 1. The molecular formula is C22H17N3OS. The van der Waals surface area contributed by atoms with Gasteiger partial charge in [0.25, 0.3) is 0 Å².